The maximum Gasteiger partial charge on any atom is 0.251 e. The third kappa shape index (κ3) is 11.5. The van der Waals surface area contributed by atoms with Crippen molar-refractivity contribution in [3.63, 3.8) is 0 Å². The second-order valence-corrected chi connectivity index (χ2v) is 6.79. The van der Waals surface area contributed by atoms with E-state index in [1.807, 2.05) is 13.8 Å². The molecule has 5 atom stereocenters. The molecule has 2 amide bonds. The molecule has 0 aliphatic heterocycles. The van der Waals surface area contributed by atoms with Gasteiger partial charge >= 0.3 is 0 Å². The Morgan fingerprint density at radius 2 is 1.75 bits per heavy atom. The molecule has 0 bridgehead atoms. The molecule has 28 heavy (non-hydrogen) atoms. The maximum absolute atomic E-state index is 11.9. The minimum atomic E-state index is -1.99. The lowest BCUT2D eigenvalue weighted by Crippen LogP contribution is -2.52. The molecular formula is C17H33N2O9-. The Kier molecular flexibility index (Phi) is 14.8. The van der Waals surface area contributed by atoms with Crippen molar-refractivity contribution >= 4 is 11.8 Å². The standard InChI is InChI=1S/C17H34N2O9/c1-3-4-7-13(21)18-8-5-6-11(2)9-19-17(25)16(24)15(23)14(22)12(20)10-27-28-26/h11-12,14-16,20,22-24,26H,3-10H2,1-2H3,(H,18,21)(H,19,25)/p-1/t11-,12+,14+,15+,16+/m0/s1. The predicted molar refractivity (Wildman–Crippen MR) is 95.0 cm³/mol. The number of rotatable bonds is 16. The van der Waals surface area contributed by atoms with Crippen LogP contribution in [0.1, 0.15) is 46.0 Å². The van der Waals surface area contributed by atoms with Crippen LogP contribution in [-0.2, 0) is 19.5 Å². The van der Waals surface area contributed by atoms with Gasteiger partial charge in [-0.05, 0) is 25.2 Å². The van der Waals surface area contributed by atoms with Gasteiger partial charge in [-0.25, -0.2) is 4.89 Å². The van der Waals surface area contributed by atoms with E-state index >= 15 is 0 Å². The number of carbonyl (C=O) groups excluding carboxylic acids is 2. The SMILES string of the molecule is CCCCC(=O)NCCC[C@H](C)CNC(=O)[C@H](O)[C@H](O)[C@H](O)[C@H](O)COO[O-]. The van der Waals surface area contributed by atoms with Crippen molar-refractivity contribution in [3.8, 4) is 0 Å². The van der Waals surface area contributed by atoms with E-state index in [1.54, 1.807) is 0 Å². The van der Waals surface area contributed by atoms with Gasteiger partial charge in [0.05, 0.1) is 0 Å². The van der Waals surface area contributed by atoms with Gasteiger partial charge in [-0.1, -0.05) is 20.3 Å². The number of unbranched alkanes of at least 4 members (excludes halogenated alkanes) is 1. The zero-order valence-electron chi connectivity index (χ0n) is 16.4. The number of hydrogen-bond donors (Lipinski definition) is 6. The Morgan fingerprint density at radius 3 is 2.36 bits per heavy atom. The fraction of sp³-hybridized carbons (Fsp3) is 0.882. The molecule has 0 rings (SSSR count). The van der Waals surface area contributed by atoms with Crippen LogP contribution in [0, 0.1) is 5.92 Å². The van der Waals surface area contributed by atoms with E-state index in [4.69, 9.17) is 0 Å². The Balaban J connectivity index is 4.08. The Bertz CT molecular complexity index is 439. The molecule has 0 spiro atoms. The average molecular weight is 409 g/mol. The molecule has 0 aromatic rings. The lowest BCUT2D eigenvalue weighted by atomic mass is 10.0. The molecule has 11 heteroatoms. The first-order valence-electron chi connectivity index (χ1n) is 9.42. The molecule has 0 aromatic carbocycles. The number of amides is 2. The van der Waals surface area contributed by atoms with Crippen molar-refractivity contribution in [1.82, 2.24) is 10.6 Å². The second kappa shape index (κ2) is 15.6. The third-order valence-corrected chi connectivity index (χ3v) is 4.20. The zero-order chi connectivity index (χ0) is 21.5. The highest BCUT2D eigenvalue weighted by molar-refractivity contribution is 5.81. The molecule has 0 fully saturated rings. The quantitative estimate of drug-likeness (QED) is 0.0911. The molecule has 0 aliphatic carbocycles. The van der Waals surface area contributed by atoms with E-state index in [9.17, 15) is 35.3 Å². The number of hydrogen-bond acceptors (Lipinski definition) is 9. The molecule has 0 saturated carbocycles. The van der Waals surface area contributed by atoms with E-state index in [1.165, 1.54) is 0 Å². The van der Waals surface area contributed by atoms with E-state index in [2.05, 4.69) is 20.6 Å². The summed E-state index contributed by atoms with van der Waals surface area (Å²) in [5.41, 5.74) is 0. The van der Waals surface area contributed by atoms with Gasteiger partial charge in [0.1, 0.15) is 24.9 Å². The molecule has 0 heterocycles. The van der Waals surface area contributed by atoms with E-state index in [0.717, 1.165) is 25.7 Å². The summed E-state index contributed by atoms with van der Waals surface area (Å²) in [4.78, 5) is 27.2. The van der Waals surface area contributed by atoms with Crippen molar-refractivity contribution in [1.29, 1.82) is 0 Å². The van der Waals surface area contributed by atoms with Crippen molar-refractivity contribution < 1.29 is 45.2 Å². The Morgan fingerprint density at radius 1 is 1.07 bits per heavy atom. The summed E-state index contributed by atoms with van der Waals surface area (Å²) in [5, 5.41) is 56.6. The summed E-state index contributed by atoms with van der Waals surface area (Å²) >= 11 is 0. The summed E-state index contributed by atoms with van der Waals surface area (Å²) in [6.45, 7) is 3.91. The molecule has 6 N–H and O–H groups in total. The van der Waals surface area contributed by atoms with E-state index < -0.39 is 36.9 Å². The van der Waals surface area contributed by atoms with Gasteiger partial charge in [0.25, 0.3) is 5.91 Å². The number of nitrogens with one attached hydrogen (secondary N) is 2. The topological polar surface area (TPSA) is 181 Å². The van der Waals surface area contributed by atoms with Crippen molar-refractivity contribution in [3.05, 3.63) is 0 Å². The highest BCUT2D eigenvalue weighted by Gasteiger charge is 2.34. The summed E-state index contributed by atoms with van der Waals surface area (Å²) in [7, 11) is 0. The molecule has 0 aromatic heterocycles. The highest BCUT2D eigenvalue weighted by Crippen LogP contribution is 2.08. The van der Waals surface area contributed by atoms with Gasteiger partial charge in [-0.15, -0.1) is 0 Å². The molecule has 0 aliphatic rings. The zero-order valence-corrected chi connectivity index (χ0v) is 16.4. The van der Waals surface area contributed by atoms with Crippen LogP contribution in [0.4, 0.5) is 0 Å². The smallest absolute Gasteiger partial charge is 0.251 e. The molecule has 0 saturated heterocycles. The Labute approximate surface area is 164 Å². The summed E-state index contributed by atoms with van der Waals surface area (Å²) in [5.74, 6) is -0.841. The molecule has 11 nitrogen and oxygen atoms in total. The maximum atomic E-state index is 11.9. The lowest BCUT2D eigenvalue weighted by Gasteiger charge is -2.26. The molecule has 0 radical (unpaired) electrons. The average Bonchev–Trinajstić information content (AvgIpc) is 2.69. The van der Waals surface area contributed by atoms with E-state index in [-0.39, 0.29) is 18.4 Å². The van der Waals surface area contributed by atoms with Crippen LogP contribution >= 0.6 is 0 Å². The lowest BCUT2D eigenvalue weighted by molar-refractivity contribution is -0.800. The van der Waals surface area contributed by atoms with Gasteiger partial charge in [-0.2, -0.15) is 0 Å². The van der Waals surface area contributed by atoms with Gasteiger partial charge in [0.15, 0.2) is 6.10 Å². The largest absolute Gasteiger partial charge is 0.692 e. The number of carbonyl (C=O) groups is 2. The monoisotopic (exact) mass is 409 g/mol. The normalized spacial score (nSPS) is 16.7. The first kappa shape index (κ1) is 26.7. The van der Waals surface area contributed by atoms with E-state index in [0.29, 0.717) is 13.0 Å². The fourth-order valence-electron chi connectivity index (χ4n) is 2.35. The fourth-order valence-corrected chi connectivity index (χ4v) is 2.35. The first-order valence-corrected chi connectivity index (χ1v) is 9.42. The van der Waals surface area contributed by atoms with Crippen LogP contribution in [0.5, 0.6) is 0 Å². The summed E-state index contributed by atoms with van der Waals surface area (Å²) < 4.78 is 0. The van der Waals surface area contributed by atoms with Crippen LogP contribution in [0.15, 0.2) is 0 Å². The van der Waals surface area contributed by atoms with Crippen LogP contribution in [-0.4, -0.2) is 76.4 Å². The Hall–Kier alpha value is -1.34. The molecule has 0 unspecified atom stereocenters. The third-order valence-electron chi connectivity index (χ3n) is 4.20. The highest BCUT2D eigenvalue weighted by atomic mass is 17.5. The van der Waals surface area contributed by atoms with Crippen molar-refractivity contribution in [2.45, 2.75) is 70.4 Å². The minimum absolute atomic E-state index is 0.0212. The number of aliphatic hydroxyl groups is 4. The van der Waals surface area contributed by atoms with Crippen LogP contribution in [0.2, 0.25) is 0 Å². The molecule has 166 valence electrons. The number of aliphatic hydroxyl groups excluding tert-OH is 4. The van der Waals surface area contributed by atoms with Gasteiger partial charge in [-0.3, -0.25) is 14.6 Å². The summed E-state index contributed by atoms with van der Waals surface area (Å²) in [6.07, 6.45) is -3.85. The first-order chi connectivity index (χ1) is 13.2. The minimum Gasteiger partial charge on any atom is -0.692 e. The van der Waals surface area contributed by atoms with Gasteiger partial charge < -0.3 is 36.3 Å². The predicted octanol–water partition coefficient (Wildman–Crippen LogP) is -2.51. The molecular weight excluding hydrogens is 376 g/mol. The second-order valence-electron chi connectivity index (χ2n) is 6.79. The van der Waals surface area contributed by atoms with Crippen LogP contribution in [0.3, 0.4) is 0 Å². The van der Waals surface area contributed by atoms with Crippen LogP contribution in [0.25, 0.3) is 0 Å². The van der Waals surface area contributed by atoms with Crippen molar-refractivity contribution in [2.75, 3.05) is 19.7 Å². The van der Waals surface area contributed by atoms with Gasteiger partial charge in [0, 0.05) is 19.5 Å². The van der Waals surface area contributed by atoms with Crippen molar-refractivity contribution in [2.24, 2.45) is 5.92 Å². The van der Waals surface area contributed by atoms with Crippen LogP contribution < -0.4 is 15.9 Å². The van der Waals surface area contributed by atoms with Gasteiger partial charge in [0.2, 0.25) is 5.91 Å². The summed E-state index contributed by atoms with van der Waals surface area (Å²) in [6, 6.07) is 0.